The first kappa shape index (κ1) is 17.3. The molecule has 0 radical (unpaired) electrons. The minimum atomic E-state index is -0.668. The summed E-state index contributed by atoms with van der Waals surface area (Å²) in [6, 6.07) is 30.8. The first-order valence-electron chi connectivity index (χ1n) is 8.45. The van der Waals surface area contributed by atoms with Gasteiger partial charge in [0.2, 0.25) is 0 Å². The second-order valence-corrected chi connectivity index (χ2v) is 6.92. The zero-order chi connectivity index (χ0) is 17.2. The van der Waals surface area contributed by atoms with E-state index in [2.05, 4.69) is 24.3 Å². The SMILES string of the molecule is c1ccc(C[SiH2]OCC(Oc2ccccc2)Oc2ccccc2)cc1. The Morgan fingerprint density at radius 3 is 1.64 bits per heavy atom. The smallest absolute Gasteiger partial charge is 0.262 e. The largest absolute Gasteiger partial charge is 0.452 e. The Morgan fingerprint density at radius 2 is 1.12 bits per heavy atom. The minimum Gasteiger partial charge on any atom is -0.452 e. The standard InChI is InChI=1S/C21H22O3Si/c1-4-10-18(11-5-1)17-25-22-16-21(23-19-12-6-2-7-13-19)24-20-14-8-3-9-15-20/h1-15,21H,16-17,25H2. The predicted octanol–water partition coefficient (Wildman–Crippen LogP) is 3.77. The van der Waals surface area contributed by atoms with E-state index in [-0.39, 0.29) is 0 Å². The van der Waals surface area contributed by atoms with Crippen molar-refractivity contribution in [2.75, 3.05) is 6.61 Å². The van der Waals surface area contributed by atoms with Gasteiger partial charge in [-0.15, -0.1) is 0 Å². The molecule has 0 aliphatic rings. The zero-order valence-corrected chi connectivity index (χ0v) is 15.5. The number of para-hydroxylation sites is 2. The zero-order valence-electron chi connectivity index (χ0n) is 14.1. The van der Waals surface area contributed by atoms with Crippen LogP contribution in [-0.4, -0.2) is 22.7 Å². The molecular formula is C21H22O3Si. The van der Waals surface area contributed by atoms with Crippen molar-refractivity contribution in [1.82, 2.24) is 0 Å². The molecule has 0 heterocycles. The normalized spacial score (nSPS) is 11.1. The van der Waals surface area contributed by atoms with E-state index < -0.39 is 16.1 Å². The van der Waals surface area contributed by atoms with Gasteiger partial charge in [0, 0.05) is 0 Å². The second-order valence-electron chi connectivity index (χ2n) is 5.60. The van der Waals surface area contributed by atoms with Crippen LogP contribution in [0.2, 0.25) is 0 Å². The van der Waals surface area contributed by atoms with Crippen LogP contribution >= 0.6 is 0 Å². The van der Waals surface area contributed by atoms with Crippen molar-refractivity contribution in [2.45, 2.75) is 12.3 Å². The molecule has 0 aliphatic carbocycles. The van der Waals surface area contributed by atoms with E-state index in [1.807, 2.05) is 66.7 Å². The van der Waals surface area contributed by atoms with Gasteiger partial charge in [-0.1, -0.05) is 66.7 Å². The molecule has 25 heavy (non-hydrogen) atoms. The molecule has 0 saturated heterocycles. The fraction of sp³-hybridized carbons (Fsp3) is 0.143. The average Bonchev–Trinajstić information content (AvgIpc) is 2.67. The van der Waals surface area contributed by atoms with Crippen molar-refractivity contribution in [3.8, 4) is 11.5 Å². The Balaban J connectivity index is 1.54. The van der Waals surface area contributed by atoms with Gasteiger partial charge in [0.05, 0.1) is 0 Å². The molecule has 3 rings (SSSR count). The van der Waals surface area contributed by atoms with E-state index >= 15 is 0 Å². The van der Waals surface area contributed by atoms with Crippen LogP contribution in [0.4, 0.5) is 0 Å². The van der Waals surface area contributed by atoms with E-state index in [1.165, 1.54) is 5.56 Å². The van der Waals surface area contributed by atoms with Gasteiger partial charge in [0.1, 0.15) is 18.1 Å². The van der Waals surface area contributed by atoms with Crippen molar-refractivity contribution in [1.29, 1.82) is 0 Å². The molecule has 0 amide bonds. The number of benzene rings is 3. The van der Waals surface area contributed by atoms with Crippen LogP contribution in [0, 0.1) is 0 Å². The average molecular weight is 350 g/mol. The van der Waals surface area contributed by atoms with Gasteiger partial charge in [-0.25, -0.2) is 0 Å². The van der Waals surface area contributed by atoms with Crippen LogP contribution in [0.5, 0.6) is 11.5 Å². The summed E-state index contributed by atoms with van der Waals surface area (Å²) in [6.07, 6.45) is -0.465. The topological polar surface area (TPSA) is 27.7 Å². The molecule has 0 atom stereocenters. The predicted molar refractivity (Wildman–Crippen MR) is 103 cm³/mol. The third-order valence-electron chi connectivity index (χ3n) is 3.65. The summed E-state index contributed by atoms with van der Waals surface area (Å²) in [5.41, 5.74) is 1.32. The van der Waals surface area contributed by atoms with Crippen molar-refractivity contribution < 1.29 is 13.9 Å². The van der Waals surface area contributed by atoms with Crippen LogP contribution in [0.25, 0.3) is 0 Å². The molecule has 0 N–H and O–H groups in total. The molecule has 0 aromatic heterocycles. The van der Waals surface area contributed by atoms with Gasteiger partial charge in [-0.3, -0.25) is 0 Å². The molecule has 0 saturated carbocycles. The molecule has 3 aromatic carbocycles. The summed E-state index contributed by atoms with van der Waals surface area (Å²) >= 11 is 0. The second kappa shape index (κ2) is 9.66. The Hall–Kier alpha value is -2.56. The summed E-state index contributed by atoms with van der Waals surface area (Å²) in [7, 11) is -0.668. The Morgan fingerprint density at radius 1 is 0.640 bits per heavy atom. The molecule has 3 nitrogen and oxygen atoms in total. The summed E-state index contributed by atoms with van der Waals surface area (Å²) < 4.78 is 17.8. The highest BCUT2D eigenvalue weighted by Gasteiger charge is 2.12. The summed E-state index contributed by atoms with van der Waals surface area (Å²) in [6.45, 7) is 0.419. The van der Waals surface area contributed by atoms with Crippen molar-refractivity contribution >= 4 is 9.76 Å². The monoisotopic (exact) mass is 350 g/mol. The summed E-state index contributed by atoms with van der Waals surface area (Å²) in [5, 5.41) is 0. The van der Waals surface area contributed by atoms with E-state index in [0.29, 0.717) is 6.61 Å². The number of ether oxygens (including phenoxy) is 2. The van der Waals surface area contributed by atoms with E-state index in [4.69, 9.17) is 13.9 Å². The molecule has 0 fully saturated rings. The van der Waals surface area contributed by atoms with Crippen molar-refractivity contribution in [3.63, 3.8) is 0 Å². The molecule has 0 aliphatic heterocycles. The fourth-order valence-corrected chi connectivity index (χ4v) is 3.48. The lowest BCUT2D eigenvalue weighted by atomic mass is 10.2. The van der Waals surface area contributed by atoms with Gasteiger partial charge in [0.15, 0.2) is 9.76 Å². The Labute approximate surface area is 151 Å². The molecule has 0 spiro atoms. The molecular weight excluding hydrogens is 328 g/mol. The van der Waals surface area contributed by atoms with Gasteiger partial charge in [-0.05, 0) is 35.9 Å². The van der Waals surface area contributed by atoms with E-state index in [0.717, 1.165) is 17.5 Å². The third kappa shape index (κ3) is 6.10. The molecule has 0 unspecified atom stereocenters. The maximum atomic E-state index is 5.95. The summed E-state index contributed by atoms with van der Waals surface area (Å²) in [5.74, 6) is 1.55. The lowest BCUT2D eigenvalue weighted by Gasteiger charge is -2.20. The number of hydrogen-bond donors (Lipinski definition) is 0. The Bertz CT molecular complexity index is 678. The highest BCUT2D eigenvalue weighted by molar-refractivity contribution is 6.26. The van der Waals surface area contributed by atoms with Gasteiger partial charge >= 0.3 is 0 Å². The van der Waals surface area contributed by atoms with Crippen LogP contribution in [-0.2, 0) is 10.5 Å². The van der Waals surface area contributed by atoms with Crippen LogP contribution in [0.1, 0.15) is 5.56 Å². The van der Waals surface area contributed by atoms with Crippen molar-refractivity contribution in [3.05, 3.63) is 96.6 Å². The summed E-state index contributed by atoms with van der Waals surface area (Å²) in [4.78, 5) is 0. The fourth-order valence-electron chi connectivity index (χ4n) is 2.41. The maximum absolute atomic E-state index is 5.95. The lowest BCUT2D eigenvalue weighted by molar-refractivity contribution is -0.0272. The third-order valence-corrected chi connectivity index (χ3v) is 4.96. The van der Waals surface area contributed by atoms with E-state index in [1.54, 1.807) is 0 Å². The first-order valence-corrected chi connectivity index (χ1v) is 10.0. The molecule has 4 heteroatoms. The lowest BCUT2D eigenvalue weighted by Crippen LogP contribution is -2.30. The molecule has 128 valence electrons. The van der Waals surface area contributed by atoms with Crippen LogP contribution < -0.4 is 9.47 Å². The van der Waals surface area contributed by atoms with Crippen molar-refractivity contribution in [2.24, 2.45) is 0 Å². The molecule has 3 aromatic rings. The van der Waals surface area contributed by atoms with Gasteiger partial charge in [-0.2, -0.15) is 0 Å². The number of rotatable bonds is 9. The highest BCUT2D eigenvalue weighted by Crippen LogP contribution is 2.16. The maximum Gasteiger partial charge on any atom is 0.262 e. The number of hydrogen-bond acceptors (Lipinski definition) is 3. The Kier molecular flexibility index (Phi) is 6.67. The van der Waals surface area contributed by atoms with Crippen LogP contribution in [0.3, 0.4) is 0 Å². The quantitative estimate of drug-likeness (QED) is 0.334. The highest BCUT2D eigenvalue weighted by atomic mass is 28.2. The van der Waals surface area contributed by atoms with E-state index in [9.17, 15) is 0 Å². The first-order chi connectivity index (χ1) is 12.4. The molecule has 0 bridgehead atoms. The minimum absolute atomic E-state index is 0.419. The van der Waals surface area contributed by atoms with Crippen LogP contribution in [0.15, 0.2) is 91.0 Å². The van der Waals surface area contributed by atoms with Gasteiger partial charge < -0.3 is 13.9 Å². The van der Waals surface area contributed by atoms with Gasteiger partial charge in [0.25, 0.3) is 6.29 Å².